The molecule has 6 heteroatoms. The zero-order valence-electron chi connectivity index (χ0n) is 17.1. The van der Waals surface area contributed by atoms with Crippen molar-refractivity contribution in [3.05, 3.63) is 65.2 Å². The first kappa shape index (κ1) is 22.1. The van der Waals surface area contributed by atoms with Crippen molar-refractivity contribution in [3.63, 3.8) is 0 Å². The number of nitrogens with zero attached hydrogens (tertiary/aromatic N) is 1. The molecule has 0 bridgehead atoms. The Labute approximate surface area is 168 Å². The Hall–Kier alpha value is -2.18. The summed E-state index contributed by atoms with van der Waals surface area (Å²) in [6.07, 6.45) is 1.33. The van der Waals surface area contributed by atoms with Gasteiger partial charge in [0.25, 0.3) is 0 Å². The fourth-order valence-electron chi connectivity index (χ4n) is 2.89. The Balaban J connectivity index is 2.30. The minimum Gasteiger partial charge on any atom is -0.353 e. The number of rotatable bonds is 9. The maximum atomic E-state index is 13.4. The van der Waals surface area contributed by atoms with E-state index in [2.05, 4.69) is 5.32 Å². The third-order valence-corrected chi connectivity index (χ3v) is 6.78. The second-order valence-corrected chi connectivity index (χ2v) is 9.13. The van der Waals surface area contributed by atoms with E-state index in [4.69, 9.17) is 0 Å². The van der Waals surface area contributed by atoms with Crippen molar-refractivity contribution < 1.29 is 13.2 Å². The zero-order chi connectivity index (χ0) is 20.7. The van der Waals surface area contributed by atoms with Crippen molar-refractivity contribution in [2.75, 3.05) is 13.1 Å². The highest BCUT2D eigenvalue weighted by Crippen LogP contribution is 2.21. The molecule has 2 rings (SSSR count). The van der Waals surface area contributed by atoms with E-state index in [1.165, 1.54) is 4.31 Å². The zero-order valence-corrected chi connectivity index (χ0v) is 17.9. The molecule has 0 radical (unpaired) electrons. The summed E-state index contributed by atoms with van der Waals surface area (Å²) in [5.41, 5.74) is 2.58. The molecule has 1 atom stereocenters. The summed E-state index contributed by atoms with van der Waals surface area (Å²) in [6.45, 7) is 7.58. The molecule has 2 aromatic rings. The first-order chi connectivity index (χ1) is 13.2. The number of amides is 1. The standard InChI is InChI=1S/C22H30N2O3S/c1-5-19(4)23-22(25)16-24(14-13-20-9-7-6-8-10-20)28(26,27)21-15-17(2)11-12-18(21)3/h6-12,15,19H,5,13-14,16H2,1-4H3,(H,23,25)/t19-/m0/s1. The number of nitrogens with one attached hydrogen (secondary N) is 1. The number of benzene rings is 2. The summed E-state index contributed by atoms with van der Waals surface area (Å²) in [5.74, 6) is -0.281. The van der Waals surface area contributed by atoms with Crippen molar-refractivity contribution in [3.8, 4) is 0 Å². The Kier molecular flexibility index (Phi) is 7.78. The largest absolute Gasteiger partial charge is 0.353 e. The van der Waals surface area contributed by atoms with Crippen LogP contribution in [0.4, 0.5) is 0 Å². The minimum atomic E-state index is -3.79. The van der Waals surface area contributed by atoms with Crippen LogP contribution in [0.25, 0.3) is 0 Å². The predicted molar refractivity (Wildman–Crippen MR) is 113 cm³/mol. The molecule has 0 unspecified atom stereocenters. The maximum absolute atomic E-state index is 13.4. The molecule has 0 aliphatic carbocycles. The van der Waals surface area contributed by atoms with Crippen molar-refractivity contribution in [1.29, 1.82) is 0 Å². The van der Waals surface area contributed by atoms with Crippen LogP contribution in [0.5, 0.6) is 0 Å². The van der Waals surface area contributed by atoms with Gasteiger partial charge in [0, 0.05) is 12.6 Å². The fourth-order valence-corrected chi connectivity index (χ4v) is 4.60. The molecule has 0 heterocycles. The first-order valence-corrected chi connectivity index (χ1v) is 11.1. The summed E-state index contributed by atoms with van der Waals surface area (Å²) in [6, 6.07) is 15.1. The van der Waals surface area contributed by atoms with E-state index in [0.29, 0.717) is 12.0 Å². The Morgan fingerprint density at radius 1 is 1.11 bits per heavy atom. The summed E-state index contributed by atoms with van der Waals surface area (Å²) in [4.78, 5) is 12.7. The summed E-state index contributed by atoms with van der Waals surface area (Å²) in [7, 11) is -3.79. The van der Waals surface area contributed by atoms with E-state index >= 15 is 0 Å². The summed E-state index contributed by atoms with van der Waals surface area (Å²) in [5, 5.41) is 2.86. The van der Waals surface area contributed by atoms with E-state index in [1.54, 1.807) is 19.1 Å². The van der Waals surface area contributed by atoms with Gasteiger partial charge in [-0.1, -0.05) is 49.4 Å². The van der Waals surface area contributed by atoms with Gasteiger partial charge in [-0.15, -0.1) is 0 Å². The quantitative estimate of drug-likeness (QED) is 0.699. The molecule has 0 spiro atoms. The van der Waals surface area contributed by atoms with Crippen LogP contribution in [0.3, 0.4) is 0 Å². The van der Waals surface area contributed by atoms with Crippen LogP contribution in [-0.2, 0) is 21.2 Å². The monoisotopic (exact) mass is 402 g/mol. The smallest absolute Gasteiger partial charge is 0.243 e. The fraction of sp³-hybridized carbons (Fsp3) is 0.409. The van der Waals surface area contributed by atoms with Crippen LogP contribution >= 0.6 is 0 Å². The van der Waals surface area contributed by atoms with E-state index in [9.17, 15) is 13.2 Å². The van der Waals surface area contributed by atoms with Crippen LogP contribution in [0, 0.1) is 13.8 Å². The molecule has 2 aromatic carbocycles. The van der Waals surface area contributed by atoms with Gasteiger partial charge in [-0.05, 0) is 56.4 Å². The van der Waals surface area contributed by atoms with Gasteiger partial charge in [-0.2, -0.15) is 4.31 Å². The number of carbonyl (C=O) groups excluding carboxylic acids is 1. The molecular formula is C22H30N2O3S. The number of aryl methyl sites for hydroxylation is 2. The van der Waals surface area contributed by atoms with Crippen molar-refractivity contribution in [2.24, 2.45) is 0 Å². The number of hydrogen-bond acceptors (Lipinski definition) is 3. The lowest BCUT2D eigenvalue weighted by Gasteiger charge is -2.24. The van der Waals surface area contributed by atoms with Gasteiger partial charge in [-0.25, -0.2) is 8.42 Å². The topological polar surface area (TPSA) is 66.5 Å². The molecule has 152 valence electrons. The average molecular weight is 403 g/mol. The van der Waals surface area contributed by atoms with Gasteiger partial charge >= 0.3 is 0 Å². The highest BCUT2D eigenvalue weighted by Gasteiger charge is 2.28. The van der Waals surface area contributed by atoms with E-state index in [1.807, 2.05) is 57.2 Å². The molecule has 0 saturated heterocycles. The van der Waals surface area contributed by atoms with Crippen LogP contribution in [0.15, 0.2) is 53.4 Å². The predicted octanol–water partition coefficient (Wildman–Crippen LogP) is 3.45. The highest BCUT2D eigenvalue weighted by atomic mass is 32.2. The minimum absolute atomic E-state index is 0.00637. The SMILES string of the molecule is CC[C@H](C)NC(=O)CN(CCc1ccccc1)S(=O)(=O)c1cc(C)ccc1C. The molecule has 0 aliphatic heterocycles. The molecule has 1 amide bonds. The van der Waals surface area contributed by atoms with E-state index in [0.717, 1.165) is 17.5 Å². The lowest BCUT2D eigenvalue weighted by molar-refractivity contribution is -0.121. The molecule has 0 fully saturated rings. The van der Waals surface area contributed by atoms with Gasteiger partial charge in [-0.3, -0.25) is 4.79 Å². The van der Waals surface area contributed by atoms with E-state index < -0.39 is 10.0 Å². The second kappa shape index (κ2) is 9.85. The maximum Gasteiger partial charge on any atom is 0.243 e. The Morgan fingerprint density at radius 3 is 2.43 bits per heavy atom. The normalized spacial score (nSPS) is 12.8. The average Bonchev–Trinajstić information content (AvgIpc) is 2.67. The molecule has 28 heavy (non-hydrogen) atoms. The summed E-state index contributed by atoms with van der Waals surface area (Å²) < 4.78 is 28.0. The van der Waals surface area contributed by atoms with Crippen LogP contribution in [0.2, 0.25) is 0 Å². The Bertz CT molecular complexity index is 895. The van der Waals surface area contributed by atoms with Crippen LogP contribution < -0.4 is 5.32 Å². The van der Waals surface area contributed by atoms with Crippen molar-refractivity contribution in [2.45, 2.75) is 51.5 Å². The summed E-state index contributed by atoms with van der Waals surface area (Å²) >= 11 is 0. The lowest BCUT2D eigenvalue weighted by atomic mass is 10.1. The van der Waals surface area contributed by atoms with Gasteiger partial charge < -0.3 is 5.32 Å². The van der Waals surface area contributed by atoms with Gasteiger partial charge in [0.1, 0.15) is 0 Å². The van der Waals surface area contributed by atoms with Crippen molar-refractivity contribution >= 4 is 15.9 Å². The first-order valence-electron chi connectivity index (χ1n) is 9.64. The van der Waals surface area contributed by atoms with Crippen LogP contribution in [0.1, 0.15) is 37.0 Å². The molecule has 5 nitrogen and oxygen atoms in total. The third-order valence-electron chi connectivity index (χ3n) is 4.79. The Morgan fingerprint density at radius 2 is 1.79 bits per heavy atom. The highest BCUT2D eigenvalue weighted by molar-refractivity contribution is 7.89. The van der Waals surface area contributed by atoms with Gasteiger partial charge in [0.2, 0.25) is 15.9 Å². The third kappa shape index (κ3) is 5.91. The van der Waals surface area contributed by atoms with E-state index in [-0.39, 0.29) is 29.9 Å². The molecule has 0 saturated carbocycles. The van der Waals surface area contributed by atoms with Gasteiger partial charge in [0.15, 0.2) is 0 Å². The number of hydrogen-bond donors (Lipinski definition) is 1. The number of carbonyl (C=O) groups is 1. The lowest BCUT2D eigenvalue weighted by Crippen LogP contribution is -2.44. The second-order valence-electron chi connectivity index (χ2n) is 7.22. The molecule has 0 aromatic heterocycles. The molecule has 0 aliphatic rings. The van der Waals surface area contributed by atoms with Crippen LogP contribution in [-0.4, -0.2) is 37.8 Å². The molecular weight excluding hydrogens is 372 g/mol. The number of sulfonamides is 1. The van der Waals surface area contributed by atoms with Gasteiger partial charge in [0.05, 0.1) is 11.4 Å². The van der Waals surface area contributed by atoms with Crippen molar-refractivity contribution in [1.82, 2.24) is 9.62 Å². The molecule has 1 N–H and O–H groups in total.